The van der Waals surface area contributed by atoms with Crippen LogP contribution in [0.5, 0.6) is 11.5 Å². The van der Waals surface area contributed by atoms with E-state index in [0.29, 0.717) is 13.2 Å². The van der Waals surface area contributed by atoms with Crippen LogP contribution in [0.15, 0.2) is 353 Å². The van der Waals surface area contributed by atoms with Gasteiger partial charge in [-0.15, -0.1) is 0 Å². The van der Waals surface area contributed by atoms with Crippen LogP contribution in [0.1, 0.15) is 83.0 Å². The molecule has 0 fully saturated rings. The van der Waals surface area contributed by atoms with Gasteiger partial charge in [0.1, 0.15) is 11.5 Å². The van der Waals surface area contributed by atoms with E-state index in [1.54, 1.807) is 0 Å². The lowest BCUT2D eigenvalue weighted by Gasteiger charge is -2.33. The lowest BCUT2D eigenvalue weighted by Crippen LogP contribution is -2.27. The van der Waals surface area contributed by atoms with Crippen molar-refractivity contribution in [3.8, 4) is 72.8 Å². The molecule has 4 nitrogen and oxygen atoms in total. The Morgan fingerprint density at radius 1 is 0.304 bits per heavy atom. The molecule has 0 N–H and O–H groups in total. The summed E-state index contributed by atoms with van der Waals surface area (Å²) in [6.07, 6.45) is 9.46. The van der Waals surface area contributed by atoms with Gasteiger partial charge in [-0.05, 0) is 242 Å². The van der Waals surface area contributed by atoms with Crippen LogP contribution in [-0.4, -0.2) is 17.8 Å². The molecule has 0 saturated carbocycles. The van der Waals surface area contributed by atoms with Gasteiger partial charge in [-0.3, -0.25) is 0 Å². The summed E-state index contributed by atoms with van der Waals surface area (Å²) >= 11 is 0. The summed E-state index contributed by atoms with van der Waals surface area (Å²) in [5.74, 6) is 1.78. The van der Waals surface area contributed by atoms with Crippen molar-refractivity contribution in [2.75, 3.05) is 18.1 Å². The van der Waals surface area contributed by atoms with E-state index in [0.717, 1.165) is 89.5 Å². The minimum Gasteiger partial charge on any atom is -0.494 e. The van der Waals surface area contributed by atoms with Gasteiger partial charge in [0.25, 0.3) is 0 Å². The van der Waals surface area contributed by atoms with Crippen molar-refractivity contribution < 1.29 is 9.47 Å². The van der Waals surface area contributed by atoms with Gasteiger partial charge >= 0.3 is 0 Å². The van der Waals surface area contributed by atoms with Gasteiger partial charge in [0.2, 0.25) is 0 Å². The summed E-state index contributed by atoms with van der Waals surface area (Å²) in [4.78, 5) is 2.41. The number of unbranched alkanes of at least 4 members (excludes halogenated alkanes) is 2. The van der Waals surface area contributed by atoms with Crippen LogP contribution in [-0.2, 0) is 10.8 Å². The second-order valence-corrected chi connectivity index (χ2v) is 27.2. The molecule has 0 radical (unpaired) electrons. The topological polar surface area (TPSA) is 26.6 Å². The second kappa shape index (κ2) is 27.5. The highest BCUT2D eigenvalue weighted by Gasteiger charge is 2.46. The molecule has 2 aliphatic rings. The highest BCUT2D eigenvalue weighted by atomic mass is 16.5. The molecule has 1 aromatic heterocycles. The third-order valence-corrected chi connectivity index (χ3v) is 21.6. The molecule has 17 rings (SSSR count). The van der Waals surface area contributed by atoms with Gasteiger partial charge in [-0.1, -0.05) is 262 Å². The first-order chi connectivity index (χ1) is 50.4. The maximum Gasteiger partial charge on any atom is 0.119 e. The molecule has 2 atom stereocenters. The fourth-order valence-corrected chi connectivity index (χ4v) is 16.6. The molecule has 0 bridgehead atoms. The molecule has 14 aromatic carbocycles. The average Bonchev–Trinajstić information content (AvgIpc) is 1.56. The predicted molar refractivity (Wildman–Crippen MR) is 427 cm³/mol. The van der Waals surface area contributed by atoms with E-state index in [1.807, 2.05) is 36.4 Å². The minimum atomic E-state index is -0.345. The Labute approximate surface area is 599 Å². The predicted octanol–water partition coefficient (Wildman–Crippen LogP) is 25.7. The highest BCUT2D eigenvalue weighted by molar-refractivity contribution is 6.10. The molecule has 4 heteroatoms. The van der Waals surface area contributed by atoms with Gasteiger partial charge in [-0.25, -0.2) is 0 Å². The molecule has 102 heavy (non-hydrogen) atoms. The molecular weight excluding hydrogens is 1240 g/mol. The number of benzene rings is 14. The summed E-state index contributed by atoms with van der Waals surface area (Å²) in [6.45, 7) is 9.14. The molecule has 2 aliphatic carbocycles. The standard InChI is InChI=1S/C98H78N2O2/c1-3-69-36-55-83(56-37-69)101-64-22-20-62-97(77-24-8-5-9-25-77)91-33-17-14-30-85(91)87-59-46-75(67-93(87)97)72-42-51-81(52-43-72)99(80-49-40-71(41-50-80)74-48-61-96-90(66-74)89-32-16-19-35-95(89)100(96)79-28-12-7-13-29-79)82-53-44-73(45-54-82)76-47-60-88-86-31-15-18-34-92(86)98(94(88)68-76,78-26-10-6-11-27-78)63-21-23-65-102-84-57-38-70(4-2)39-58-84/h3-19,24-61,66-68H,1-2,20-23,62-65H2. The first-order valence-electron chi connectivity index (χ1n) is 36.0. The number of anilines is 3. The smallest absolute Gasteiger partial charge is 0.119 e. The first-order valence-corrected chi connectivity index (χ1v) is 36.0. The number of hydrogen-bond acceptors (Lipinski definition) is 3. The monoisotopic (exact) mass is 1310 g/mol. The summed E-state index contributed by atoms with van der Waals surface area (Å²) in [5, 5.41) is 2.47. The van der Waals surface area contributed by atoms with Crippen molar-refractivity contribution in [3.05, 3.63) is 397 Å². The van der Waals surface area contributed by atoms with E-state index in [4.69, 9.17) is 9.47 Å². The Kier molecular flexibility index (Phi) is 17.0. The summed E-state index contributed by atoms with van der Waals surface area (Å²) in [5.41, 5.74) is 28.6. The van der Waals surface area contributed by atoms with Gasteiger partial charge in [0, 0.05) is 44.4 Å². The molecular formula is C98H78N2O2. The molecule has 0 spiro atoms. The van der Waals surface area contributed by atoms with Crippen molar-refractivity contribution in [1.82, 2.24) is 4.57 Å². The quantitative estimate of drug-likeness (QED) is 0.0597. The van der Waals surface area contributed by atoms with E-state index in [1.165, 1.54) is 105 Å². The first kappa shape index (κ1) is 63.2. The Balaban J connectivity index is 0.715. The number of aromatic nitrogens is 1. The van der Waals surface area contributed by atoms with Crippen molar-refractivity contribution in [2.45, 2.75) is 49.4 Å². The van der Waals surface area contributed by atoms with Crippen molar-refractivity contribution in [1.29, 1.82) is 0 Å². The number of ether oxygens (including phenoxy) is 2. The Bertz CT molecular complexity index is 5280. The zero-order chi connectivity index (χ0) is 68.4. The van der Waals surface area contributed by atoms with E-state index < -0.39 is 0 Å². The number of hydrogen-bond donors (Lipinski definition) is 0. The Morgan fingerprint density at radius 2 is 0.676 bits per heavy atom. The molecule has 15 aromatic rings. The fourth-order valence-electron chi connectivity index (χ4n) is 16.6. The third-order valence-electron chi connectivity index (χ3n) is 21.6. The third kappa shape index (κ3) is 11.5. The Morgan fingerprint density at radius 3 is 1.14 bits per heavy atom. The van der Waals surface area contributed by atoms with Crippen molar-refractivity contribution in [2.24, 2.45) is 0 Å². The molecule has 492 valence electrons. The van der Waals surface area contributed by atoms with E-state index in [2.05, 4.69) is 338 Å². The van der Waals surface area contributed by atoms with Crippen molar-refractivity contribution in [3.63, 3.8) is 0 Å². The van der Waals surface area contributed by atoms with E-state index in [-0.39, 0.29) is 10.8 Å². The zero-order valence-electron chi connectivity index (χ0n) is 57.3. The largest absolute Gasteiger partial charge is 0.494 e. The maximum absolute atomic E-state index is 6.32. The van der Waals surface area contributed by atoms with Crippen LogP contribution in [0.4, 0.5) is 17.1 Å². The van der Waals surface area contributed by atoms with E-state index in [9.17, 15) is 0 Å². The Hall–Kier alpha value is -12.2. The fraction of sp³-hybridized carbons (Fsp3) is 0.102. The van der Waals surface area contributed by atoms with Crippen LogP contribution in [0, 0.1) is 0 Å². The van der Waals surface area contributed by atoms with Gasteiger partial charge in [0.15, 0.2) is 0 Å². The number of rotatable bonds is 23. The van der Waals surface area contributed by atoms with E-state index >= 15 is 0 Å². The van der Waals surface area contributed by atoms with Crippen LogP contribution in [0.25, 0.3) is 95.3 Å². The van der Waals surface area contributed by atoms with Crippen LogP contribution < -0.4 is 14.4 Å². The van der Waals surface area contributed by atoms with Crippen LogP contribution >= 0.6 is 0 Å². The maximum atomic E-state index is 6.32. The lowest BCUT2D eigenvalue weighted by molar-refractivity contribution is 0.301. The summed E-state index contributed by atoms with van der Waals surface area (Å²) < 4.78 is 15.0. The number of fused-ring (bicyclic) bond motifs is 9. The summed E-state index contributed by atoms with van der Waals surface area (Å²) in [7, 11) is 0. The van der Waals surface area contributed by atoms with Gasteiger partial charge < -0.3 is 18.9 Å². The molecule has 0 aliphatic heterocycles. The lowest BCUT2D eigenvalue weighted by atomic mass is 9.69. The number of para-hydroxylation sites is 2. The van der Waals surface area contributed by atoms with Crippen LogP contribution in [0.3, 0.4) is 0 Å². The molecule has 2 unspecified atom stereocenters. The van der Waals surface area contributed by atoms with Crippen LogP contribution in [0.2, 0.25) is 0 Å². The normalized spacial score (nSPS) is 14.7. The summed E-state index contributed by atoms with van der Waals surface area (Å²) in [6, 6.07) is 125. The number of nitrogens with zero attached hydrogens (tertiary/aromatic N) is 2. The minimum absolute atomic E-state index is 0.345. The SMILES string of the molecule is C=Cc1ccc(OCCCCC2(c3ccccc3)c3ccccc3-c3ccc(-c4ccc(N(c5ccc(-c6ccc7c(c6)C(CCCCOc6ccc(C=C)cc6)(c6ccccc6)c6ccccc6-7)cc5)c5ccc(-c6ccc7c(c6)c6ccccc6n7-c6ccccc6)cc5)cc4)cc32)cc1. The average molecular weight is 1320 g/mol. The van der Waals surface area contributed by atoms with Gasteiger partial charge in [-0.2, -0.15) is 0 Å². The second-order valence-electron chi connectivity index (χ2n) is 27.2. The highest BCUT2D eigenvalue weighted by Crippen LogP contribution is 2.58. The molecule has 1 heterocycles. The van der Waals surface area contributed by atoms with Gasteiger partial charge in [0.05, 0.1) is 24.2 Å². The molecule has 0 saturated heterocycles. The van der Waals surface area contributed by atoms with Crippen molar-refractivity contribution >= 4 is 51.0 Å². The molecule has 0 amide bonds. The zero-order valence-corrected chi connectivity index (χ0v) is 57.3.